The van der Waals surface area contributed by atoms with E-state index in [0.29, 0.717) is 11.1 Å². The van der Waals surface area contributed by atoms with Gasteiger partial charge in [-0.2, -0.15) is 132 Å². The lowest BCUT2D eigenvalue weighted by atomic mass is 9.12. The second kappa shape index (κ2) is 22.6. The second-order valence-corrected chi connectivity index (χ2v) is 19.9. The van der Waals surface area contributed by atoms with E-state index < -0.39 is 205 Å². The third-order valence-electron chi connectivity index (χ3n) is 12.2. The summed E-state index contributed by atoms with van der Waals surface area (Å²) in [5.74, 6) is -0.994. The first-order chi connectivity index (χ1) is 37.6. The van der Waals surface area contributed by atoms with Crippen LogP contribution in [0.5, 0.6) is 0 Å². The molecule has 6 aromatic carbocycles. The van der Waals surface area contributed by atoms with Crippen molar-refractivity contribution in [3.05, 3.63) is 195 Å². The molecular formula is C51H25BCl3F24NO3. The van der Waals surface area contributed by atoms with Crippen molar-refractivity contribution >= 4 is 85.5 Å². The number of Topliss-reactive ketones (excluding diaryl/α,β-unsaturated/α-hetero) is 1. The molecule has 0 aliphatic carbocycles. The Morgan fingerprint density at radius 1 is 0.373 bits per heavy atom. The van der Waals surface area contributed by atoms with Crippen LogP contribution in [0.3, 0.4) is 0 Å². The zero-order valence-corrected chi connectivity index (χ0v) is 42.2. The van der Waals surface area contributed by atoms with Crippen molar-refractivity contribution in [2.45, 2.75) is 59.9 Å². The van der Waals surface area contributed by atoms with Gasteiger partial charge in [0.2, 0.25) is 17.8 Å². The Labute approximate surface area is 463 Å². The van der Waals surface area contributed by atoms with E-state index in [1.54, 1.807) is 47.0 Å². The van der Waals surface area contributed by atoms with Crippen molar-refractivity contribution in [3.8, 4) is 0 Å². The smallest absolute Gasteiger partial charge is 0.406 e. The van der Waals surface area contributed by atoms with E-state index in [-0.39, 0.29) is 18.0 Å². The average Bonchev–Trinajstić information content (AvgIpc) is 3.55. The van der Waals surface area contributed by atoms with Gasteiger partial charge in [-0.25, -0.2) is 4.79 Å². The number of hydrogen-bond donors (Lipinski definition) is 0. The molecule has 7 rings (SSSR count). The molecule has 1 aromatic heterocycles. The molecule has 0 N–H and O–H groups in total. The van der Waals surface area contributed by atoms with Crippen LogP contribution in [-0.4, -0.2) is 21.9 Å². The topological polar surface area (TPSA) is 47.2 Å². The predicted molar refractivity (Wildman–Crippen MR) is 251 cm³/mol. The zero-order valence-electron chi connectivity index (χ0n) is 39.9. The molecule has 0 unspecified atom stereocenters. The van der Waals surface area contributed by atoms with Crippen molar-refractivity contribution < 1.29 is 124 Å². The van der Waals surface area contributed by atoms with Crippen LogP contribution in [0.15, 0.2) is 140 Å². The number of ketones is 1. The fourth-order valence-corrected chi connectivity index (χ4v) is 8.91. The minimum Gasteiger partial charge on any atom is -0.406 e. The number of benzene rings is 6. The van der Waals surface area contributed by atoms with Gasteiger partial charge in [0.25, 0.3) is 5.69 Å². The van der Waals surface area contributed by atoms with Gasteiger partial charge >= 0.3 is 59.4 Å². The number of para-hydroxylation sites is 1. The van der Waals surface area contributed by atoms with Crippen LogP contribution < -0.4 is 26.4 Å². The number of rotatable bonds is 8. The Hall–Kier alpha value is -6.88. The van der Waals surface area contributed by atoms with Gasteiger partial charge in [0, 0.05) is 23.1 Å². The Kier molecular flexibility index (Phi) is 17.8. The van der Waals surface area contributed by atoms with Gasteiger partial charge < -0.3 is 4.74 Å². The highest BCUT2D eigenvalue weighted by Crippen LogP contribution is 2.42. The lowest BCUT2D eigenvalue weighted by Gasteiger charge is -2.46. The summed E-state index contributed by atoms with van der Waals surface area (Å²) in [4.78, 5) is 25.1. The van der Waals surface area contributed by atoms with E-state index in [1.807, 2.05) is 24.3 Å². The quantitative estimate of drug-likeness (QED) is 0.0380. The molecule has 7 aromatic rings. The maximum atomic E-state index is 14.2. The van der Waals surface area contributed by atoms with E-state index >= 15 is 0 Å². The fraction of sp³-hybridized carbons (Fsp3) is 0.196. The van der Waals surface area contributed by atoms with Crippen molar-refractivity contribution in [2.75, 3.05) is 0 Å². The first-order valence-corrected chi connectivity index (χ1v) is 23.4. The number of ether oxygens (including phenoxy) is 1. The van der Waals surface area contributed by atoms with Gasteiger partial charge in [0.1, 0.15) is 6.15 Å². The molecule has 83 heavy (non-hydrogen) atoms. The molecule has 0 spiro atoms. The standard InChI is InChI=1S/C32H12BF24.C19H13Cl3NO3/c34-25(35,36)13-1-14(26(37,38)39)6-21(5-13)33(22-7-15(27(40,41)42)2-16(8-22)28(43,44)45,23-9-17(29(46,47)48)3-18(10-23)30(49,50)51)24-11-19(31(52,53)54)4-20(12-24)32(55,56)57;20-19(21,22)26-18(25)16-11-10-13-6-4-5-9-15(13)23(16)12-17(24)14-7-2-1-3-8-14/h1-12H;1-11H,12H2/q-1;+1. The summed E-state index contributed by atoms with van der Waals surface area (Å²) in [6.45, 7) is -0.0599. The van der Waals surface area contributed by atoms with Crippen LogP contribution >= 0.6 is 34.8 Å². The molecular weight excluding hydrogens is 1250 g/mol. The van der Waals surface area contributed by atoms with Gasteiger partial charge in [0.15, 0.2) is 0 Å². The lowest BCUT2D eigenvalue weighted by molar-refractivity contribution is -0.659. The Bertz CT molecular complexity index is 3130. The number of halogens is 27. The molecule has 4 nitrogen and oxygen atoms in total. The first-order valence-electron chi connectivity index (χ1n) is 22.3. The highest BCUT2D eigenvalue weighted by Gasteiger charge is 2.47. The molecule has 32 heteroatoms. The molecule has 0 aliphatic rings. The number of esters is 1. The number of pyridine rings is 1. The van der Waals surface area contributed by atoms with Crippen LogP contribution in [0.2, 0.25) is 0 Å². The van der Waals surface area contributed by atoms with Crippen molar-refractivity contribution in [1.82, 2.24) is 0 Å². The van der Waals surface area contributed by atoms with E-state index in [9.17, 15) is 115 Å². The molecule has 0 aliphatic heterocycles. The number of alkyl halides is 27. The second-order valence-electron chi connectivity index (χ2n) is 17.7. The lowest BCUT2D eigenvalue weighted by Crippen LogP contribution is -2.75. The van der Waals surface area contributed by atoms with Gasteiger partial charge in [-0.05, 0) is 71.2 Å². The van der Waals surface area contributed by atoms with Gasteiger partial charge in [0.05, 0.1) is 44.5 Å². The maximum absolute atomic E-state index is 14.2. The van der Waals surface area contributed by atoms with Gasteiger partial charge in [-0.1, -0.05) is 91.0 Å². The number of aromatic nitrogens is 1. The monoisotopic (exact) mass is 1270 g/mol. The van der Waals surface area contributed by atoms with Crippen LogP contribution in [-0.2, 0) is 60.7 Å². The van der Waals surface area contributed by atoms with Crippen LogP contribution in [0.4, 0.5) is 105 Å². The van der Waals surface area contributed by atoms with Crippen molar-refractivity contribution in [3.63, 3.8) is 0 Å². The summed E-state index contributed by atoms with van der Waals surface area (Å²) >= 11 is 16.7. The van der Waals surface area contributed by atoms with Gasteiger partial charge in [-0.3, -0.25) is 4.79 Å². The van der Waals surface area contributed by atoms with Crippen molar-refractivity contribution in [2.24, 2.45) is 0 Å². The summed E-state index contributed by atoms with van der Waals surface area (Å²) in [5, 5.41) is 0.860. The normalized spacial score (nSPS) is 13.4. The van der Waals surface area contributed by atoms with Crippen LogP contribution in [0.1, 0.15) is 65.4 Å². The predicted octanol–water partition coefficient (Wildman–Crippen LogP) is 15.7. The van der Waals surface area contributed by atoms with E-state index in [2.05, 4.69) is 0 Å². The highest BCUT2D eigenvalue weighted by molar-refractivity contribution is 7.20. The Morgan fingerprint density at radius 3 is 0.928 bits per heavy atom. The summed E-state index contributed by atoms with van der Waals surface area (Å²) in [6, 6.07) is 10.6. The number of hydrogen-bond acceptors (Lipinski definition) is 3. The summed E-state index contributed by atoms with van der Waals surface area (Å²) in [7, 11) is 0. The third kappa shape index (κ3) is 15.3. The number of carbonyl (C=O) groups is 2. The molecule has 0 saturated carbocycles. The number of fused-ring (bicyclic) bond motifs is 1. The number of nitrogens with zero attached hydrogens (tertiary/aromatic N) is 1. The number of carbonyl (C=O) groups excluding carboxylic acids is 2. The summed E-state index contributed by atoms with van der Waals surface area (Å²) < 4.78 is 345. The minimum absolute atomic E-state index is 0.0599. The molecule has 444 valence electrons. The average molecular weight is 1270 g/mol. The van der Waals surface area contributed by atoms with Crippen LogP contribution in [0.25, 0.3) is 10.9 Å². The first kappa shape index (κ1) is 65.3. The molecule has 0 fully saturated rings. The summed E-state index contributed by atoms with van der Waals surface area (Å²) in [6.07, 6.45) is -54.8. The molecule has 1 heterocycles. The molecule has 0 bridgehead atoms. The van der Waals surface area contributed by atoms with Gasteiger partial charge in [-0.15, -0.1) is 0 Å². The maximum Gasteiger partial charge on any atom is 0.416 e. The third-order valence-corrected chi connectivity index (χ3v) is 12.4. The van der Waals surface area contributed by atoms with Crippen molar-refractivity contribution in [1.29, 1.82) is 0 Å². The molecule has 0 amide bonds. The fourth-order valence-electron chi connectivity index (χ4n) is 8.70. The van der Waals surface area contributed by atoms with E-state index in [1.165, 1.54) is 0 Å². The molecule has 0 saturated heterocycles. The van der Waals surface area contributed by atoms with E-state index in [4.69, 9.17) is 39.5 Å². The Morgan fingerprint density at radius 2 is 0.651 bits per heavy atom. The summed E-state index contributed by atoms with van der Waals surface area (Å²) in [5.41, 5.74) is -28.9. The highest BCUT2D eigenvalue weighted by atomic mass is 35.6. The molecule has 0 radical (unpaired) electrons. The minimum atomic E-state index is -6.13. The van der Waals surface area contributed by atoms with Crippen LogP contribution in [0, 0.1) is 0 Å². The Balaban J connectivity index is 0.000000352. The molecule has 0 atom stereocenters. The SMILES string of the molecule is FC(F)(F)c1cc([B-](c2cc(C(F)(F)F)cc(C(F)(F)F)c2)(c2cc(C(F)(F)F)cc(C(F)(F)F)c2)c2cc(C(F)(F)F)cc(C(F)(F)F)c2)cc(C(F)(F)F)c1.O=C(C[n+]1c(C(=O)OC(Cl)(Cl)Cl)ccc2ccccc21)c1ccccc1. The van der Waals surface area contributed by atoms with E-state index in [0.717, 1.165) is 5.39 Å². The zero-order chi connectivity index (χ0) is 62.6. The largest absolute Gasteiger partial charge is 0.416 e.